The molecule has 3 rings (SSSR count). The number of benzene rings is 1. The molecule has 0 aromatic heterocycles. The minimum atomic E-state index is -1.07. The van der Waals surface area contributed by atoms with E-state index in [1.54, 1.807) is 4.90 Å². The van der Waals surface area contributed by atoms with Crippen LogP contribution < -0.4 is 4.90 Å². The van der Waals surface area contributed by atoms with Crippen LogP contribution >= 0.6 is 0 Å². The van der Waals surface area contributed by atoms with Gasteiger partial charge in [0.05, 0.1) is 23.7 Å². The number of carboxylic acid groups (broad SMARTS) is 1. The van der Waals surface area contributed by atoms with Gasteiger partial charge < -0.3 is 14.7 Å². The van der Waals surface area contributed by atoms with Crippen molar-refractivity contribution in [2.45, 2.75) is 38.8 Å². The molecule has 29 heavy (non-hydrogen) atoms. The van der Waals surface area contributed by atoms with Crippen LogP contribution in [-0.4, -0.2) is 76.6 Å². The van der Waals surface area contributed by atoms with Gasteiger partial charge in [0.1, 0.15) is 5.60 Å². The zero-order valence-electron chi connectivity index (χ0n) is 16.8. The summed E-state index contributed by atoms with van der Waals surface area (Å²) < 4.78 is 5.37. The van der Waals surface area contributed by atoms with Crippen molar-refractivity contribution in [2.75, 3.05) is 31.1 Å². The number of aromatic carboxylic acids is 1. The molecule has 9 heteroatoms. The molecule has 1 N–H and O–H groups in total. The first-order valence-corrected chi connectivity index (χ1v) is 9.49. The van der Waals surface area contributed by atoms with Crippen molar-refractivity contribution in [1.82, 2.24) is 9.80 Å². The Hall–Kier alpha value is -2.94. The maximum absolute atomic E-state index is 12.9. The van der Waals surface area contributed by atoms with E-state index in [2.05, 4.69) is 0 Å². The van der Waals surface area contributed by atoms with Crippen molar-refractivity contribution < 1.29 is 29.0 Å². The first kappa shape index (κ1) is 20.8. The van der Waals surface area contributed by atoms with Crippen LogP contribution in [0.15, 0.2) is 24.3 Å². The van der Waals surface area contributed by atoms with Crippen LogP contribution in [0.3, 0.4) is 0 Å². The Bertz CT molecular complexity index is 822. The van der Waals surface area contributed by atoms with Gasteiger partial charge in [-0.1, -0.05) is 0 Å². The van der Waals surface area contributed by atoms with Crippen molar-refractivity contribution in [3.05, 3.63) is 29.8 Å². The molecule has 0 spiro atoms. The van der Waals surface area contributed by atoms with Gasteiger partial charge in [0, 0.05) is 26.2 Å². The molecule has 9 nitrogen and oxygen atoms in total. The number of imide groups is 1. The van der Waals surface area contributed by atoms with Crippen molar-refractivity contribution in [1.29, 1.82) is 0 Å². The van der Waals surface area contributed by atoms with E-state index < -0.39 is 17.6 Å². The molecule has 2 aliphatic heterocycles. The average Bonchev–Trinajstić information content (AvgIpc) is 2.95. The predicted molar refractivity (Wildman–Crippen MR) is 104 cm³/mol. The number of hydrogen-bond acceptors (Lipinski definition) is 6. The van der Waals surface area contributed by atoms with Crippen LogP contribution in [-0.2, 0) is 14.3 Å². The van der Waals surface area contributed by atoms with E-state index in [0.29, 0.717) is 31.9 Å². The van der Waals surface area contributed by atoms with Gasteiger partial charge in [-0.15, -0.1) is 0 Å². The van der Waals surface area contributed by atoms with Crippen LogP contribution in [0.25, 0.3) is 0 Å². The van der Waals surface area contributed by atoms with Crippen LogP contribution in [0.5, 0.6) is 0 Å². The number of piperazine rings is 1. The molecule has 2 fully saturated rings. The van der Waals surface area contributed by atoms with E-state index in [9.17, 15) is 19.2 Å². The first-order valence-electron chi connectivity index (χ1n) is 9.49. The fraction of sp³-hybridized carbons (Fsp3) is 0.500. The molecular weight excluding hydrogens is 378 g/mol. The van der Waals surface area contributed by atoms with Crippen molar-refractivity contribution in [3.63, 3.8) is 0 Å². The molecule has 0 aliphatic carbocycles. The molecule has 3 amide bonds. The molecule has 0 saturated carbocycles. The molecule has 0 unspecified atom stereocenters. The highest BCUT2D eigenvalue weighted by Crippen LogP contribution is 2.27. The number of carbonyl (C=O) groups is 4. The Kier molecular flexibility index (Phi) is 5.61. The van der Waals surface area contributed by atoms with Crippen molar-refractivity contribution in [3.8, 4) is 0 Å². The Balaban J connectivity index is 1.63. The normalized spacial score (nSPS) is 20.9. The van der Waals surface area contributed by atoms with Crippen LogP contribution in [0.1, 0.15) is 37.6 Å². The molecule has 0 radical (unpaired) electrons. The van der Waals surface area contributed by atoms with E-state index in [0.717, 1.165) is 4.90 Å². The van der Waals surface area contributed by atoms with E-state index in [1.807, 2.05) is 25.7 Å². The second-order valence-corrected chi connectivity index (χ2v) is 8.14. The van der Waals surface area contributed by atoms with E-state index in [4.69, 9.17) is 9.84 Å². The van der Waals surface area contributed by atoms with Gasteiger partial charge in [0.2, 0.25) is 5.91 Å². The highest BCUT2D eigenvalue weighted by molar-refractivity contribution is 6.22. The Morgan fingerprint density at radius 1 is 1.03 bits per heavy atom. The molecule has 1 atom stereocenters. The lowest BCUT2D eigenvalue weighted by molar-refractivity contribution is -0.123. The molecule has 1 aromatic rings. The molecule has 0 bridgehead atoms. The molecule has 2 heterocycles. The smallest absolute Gasteiger partial charge is 0.410 e. The molecule has 2 aliphatic rings. The summed E-state index contributed by atoms with van der Waals surface area (Å²) >= 11 is 0. The topological polar surface area (TPSA) is 107 Å². The Morgan fingerprint density at radius 2 is 1.62 bits per heavy atom. The number of ether oxygens (including phenoxy) is 1. The molecule has 1 aromatic carbocycles. The highest BCUT2D eigenvalue weighted by atomic mass is 16.6. The highest BCUT2D eigenvalue weighted by Gasteiger charge is 2.43. The molecular formula is C20H25N3O6. The minimum Gasteiger partial charge on any atom is -0.478 e. The van der Waals surface area contributed by atoms with E-state index in [-0.39, 0.29) is 29.9 Å². The number of anilines is 1. The molecule has 2 saturated heterocycles. The number of rotatable bonds is 3. The standard InChI is InChI=1S/C20H25N3O6/c1-20(2,3)29-19(28)22-10-8-21(9-11-22)15-12-16(24)23(17(15)25)14-6-4-13(5-7-14)18(26)27/h4-7,15H,8-12H2,1-3H3,(H,26,27)/t15-/m1/s1. The van der Waals surface area contributed by atoms with Crippen molar-refractivity contribution >= 4 is 29.6 Å². The molecule has 156 valence electrons. The third-order valence-corrected chi connectivity index (χ3v) is 4.90. The van der Waals surface area contributed by atoms with Gasteiger partial charge in [-0.25, -0.2) is 14.5 Å². The number of carbonyl (C=O) groups excluding carboxylic acids is 3. The number of amides is 3. The summed E-state index contributed by atoms with van der Waals surface area (Å²) in [5.74, 6) is -1.72. The lowest BCUT2D eigenvalue weighted by atomic mass is 10.1. The fourth-order valence-electron chi connectivity index (χ4n) is 3.47. The van der Waals surface area contributed by atoms with Crippen LogP contribution in [0.2, 0.25) is 0 Å². The summed E-state index contributed by atoms with van der Waals surface area (Å²) in [4.78, 5) is 53.1. The SMILES string of the molecule is CC(C)(C)OC(=O)N1CCN([C@@H]2CC(=O)N(c3ccc(C(=O)O)cc3)C2=O)CC1. The van der Waals surface area contributed by atoms with Gasteiger partial charge in [0.25, 0.3) is 5.91 Å². The summed E-state index contributed by atoms with van der Waals surface area (Å²) in [6, 6.07) is 5.07. The van der Waals surface area contributed by atoms with E-state index in [1.165, 1.54) is 24.3 Å². The first-order chi connectivity index (χ1) is 13.6. The second-order valence-electron chi connectivity index (χ2n) is 8.14. The zero-order chi connectivity index (χ0) is 21.3. The quantitative estimate of drug-likeness (QED) is 0.763. The summed E-state index contributed by atoms with van der Waals surface area (Å²) in [5, 5.41) is 8.99. The third kappa shape index (κ3) is 4.56. The predicted octanol–water partition coefficient (Wildman–Crippen LogP) is 1.57. The zero-order valence-corrected chi connectivity index (χ0v) is 16.8. The Labute approximate surface area is 168 Å². The van der Waals surface area contributed by atoms with Crippen LogP contribution in [0, 0.1) is 0 Å². The van der Waals surface area contributed by atoms with Crippen LogP contribution in [0.4, 0.5) is 10.5 Å². The number of carboxylic acids is 1. The number of nitrogens with zero attached hydrogens (tertiary/aromatic N) is 3. The largest absolute Gasteiger partial charge is 0.478 e. The van der Waals surface area contributed by atoms with Gasteiger partial charge in [-0.05, 0) is 45.0 Å². The van der Waals surface area contributed by atoms with Gasteiger partial charge in [-0.3, -0.25) is 14.5 Å². The van der Waals surface area contributed by atoms with Gasteiger partial charge in [0.15, 0.2) is 0 Å². The van der Waals surface area contributed by atoms with Gasteiger partial charge >= 0.3 is 12.1 Å². The summed E-state index contributed by atoms with van der Waals surface area (Å²) in [5.41, 5.74) is -0.124. The third-order valence-electron chi connectivity index (χ3n) is 4.90. The summed E-state index contributed by atoms with van der Waals surface area (Å²) in [6.07, 6.45) is -0.322. The van der Waals surface area contributed by atoms with Crippen molar-refractivity contribution in [2.24, 2.45) is 0 Å². The van der Waals surface area contributed by atoms with E-state index >= 15 is 0 Å². The lowest BCUT2D eigenvalue weighted by Crippen LogP contribution is -2.54. The minimum absolute atomic E-state index is 0.0615. The number of hydrogen-bond donors (Lipinski definition) is 1. The summed E-state index contributed by atoms with van der Waals surface area (Å²) in [7, 11) is 0. The Morgan fingerprint density at radius 3 is 2.14 bits per heavy atom. The monoisotopic (exact) mass is 403 g/mol. The maximum Gasteiger partial charge on any atom is 0.410 e. The second kappa shape index (κ2) is 7.82. The fourth-order valence-corrected chi connectivity index (χ4v) is 3.47. The lowest BCUT2D eigenvalue weighted by Gasteiger charge is -2.37. The van der Waals surface area contributed by atoms with Gasteiger partial charge in [-0.2, -0.15) is 0 Å². The average molecular weight is 403 g/mol. The maximum atomic E-state index is 12.9. The summed E-state index contributed by atoms with van der Waals surface area (Å²) in [6.45, 7) is 7.19.